The molecule has 0 spiro atoms. The van der Waals surface area contributed by atoms with E-state index in [1.54, 1.807) is 13.2 Å². The molecular formula is C17H24F3NO3S. The molecule has 8 heteroatoms. The molecular weight excluding hydrogens is 355 g/mol. The zero-order valence-electron chi connectivity index (χ0n) is 14.4. The maximum atomic E-state index is 13.0. The Morgan fingerprint density at radius 2 is 2.08 bits per heavy atom. The van der Waals surface area contributed by atoms with Crippen molar-refractivity contribution in [3.8, 4) is 0 Å². The van der Waals surface area contributed by atoms with E-state index in [1.807, 2.05) is 11.8 Å². The van der Waals surface area contributed by atoms with Crippen molar-refractivity contribution in [2.24, 2.45) is 0 Å². The summed E-state index contributed by atoms with van der Waals surface area (Å²) in [5.74, 6) is 0.222. The highest BCUT2D eigenvalue weighted by molar-refractivity contribution is 7.91. The predicted molar refractivity (Wildman–Crippen MR) is 90.1 cm³/mol. The molecule has 0 aliphatic carbocycles. The number of sulfone groups is 1. The molecule has 142 valence electrons. The van der Waals surface area contributed by atoms with Crippen LogP contribution in [0.1, 0.15) is 36.9 Å². The Hall–Kier alpha value is -1.12. The molecule has 0 unspecified atom stereocenters. The summed E-state index contributed by atoms with van der Waals surface area (Å²) in [6.45, 7) is 2.67. The van der Waals surface area contributed by atoms with Crippen molar-refractivity contribution >= 4 is 9.84 Å². The Bertz CT molecular complexity index is 676. The van der Waals surface area contributed by atoms with E-state index in [9.17, 15) is 21.6 Å². The molecule has 0 amide bonds. The van der Waals surface area contributed by atoms with Crippen molar-refractivity contribution in [3.63, 3.8) is 0 Å². The number of hydrogen-bond donors (Lipinski definition) is 0. The molecule has 1 fully saturated rings. The van der Waals surface area contributed by atoms with Crippen LogP contribution in [-0.4, -0.2) is 51.1 Å². The lowest BCUT2D eigenvalue weighted by molar-refractivity contribution is -0.137. The average molecular weight is 379 g/mol. The van der Waals surface area contributed by atoms with Gasteiger partial charge >= 0.3 is 6.18 Å². The van der Waals surface area contributed by atoms with E-state index in [0.717, 1.165) is 12.1 Å². The molecule has 0 bridgehead atoms. The van der Waals surface area contributed by atoms with E-state index in [2.05, 4.69) is 0 Å². The van der Waals surface area contributed by atoms with E-state index in [-0.39, 0.29) is 23.6 Å². The molecule has 1 heterocycles. The van der Waals surface area contributed by atoms with Crippen LogP contribution in [0, 0.1) is 0 Å². The number of methoxy groups -OCH3 is 1. The first-order valence-corrected chi connectivity index (χ1v) is 10.1. The van der Waals surface area contributed by atoms with Gasteiger partial charge in [0.05, 0.1) is 23.7 Å². The highest BCUT2D eigenvalue weighted by Crippen LogP contribution is 2.33. The molecule has 0 aromatic heterocycles. The van der Waals surface area contributed by atoms with Crippen molar-refractivity contribution in [1.29, 1.82) is 0 Å². The fraction of sp³-hybridized carbons (Fsp3) is 0.647. The number of alkyl halides is 3. The topological polar surface area (TPSA) is 46.6 Å². The van der Waals surface area contributed by atoms with Crippen LogP contribution in [0.4, 0.5) is 13.2 Å². The molecule has 2 rings (SSSR count). The van der Waals surface area contributed by atoms with E-state index in [0.29, 0.717) is 31.6 Å². The number of ether oxygens (including phenoxy) is 1. The Balaban J connectivity index is 2.28. The predicted octanol–water partition coefficient (Wildman–Crippen LogP) is 3.29. The molecule has 4 nitrogen and oxygen atoms in total. The molecule has 25 heavy (non-hydrogen) atoms. The van der Waals surface area contributed by atoms with Gasteiger partial charge in [0, 0.05) is 25.7 Å². The third-order valence-electron chi connectivity index (χ3n) is 4.66. The molecule has 2 atom stereocenters. The first-order valence-electron chi connectivity index (χ1n) is 8.26. The lowest BCUT2D eigenvalue weighted by Crippen LogP contribution is -2.46. The molecule has 1 aromatic carbocycles. The second-order valence-electron chi connectivity index (χ2n) is 6.44. The zero-order chi connectivity index (χ0) is 18.7. The van der Waals surface area contributed by atoms with Crippen LogP contribution in [0.5, 0.6) is 0 Å². The van der Waals surface area contributed by atoms with Crippen LogP contribution >= 0.6 is 0 Å². The van der Waals surface area contributed by atoms with Gasteiger partial charge in [-0.25, -0.2) is 8.42 Å². The Morgan fingerprint density at radius 3 is 2.68 bits per heavy atom. The van der Waals surface area contributed by atoms with Crippen LogP contribution in [0.2, 0.25) is 0 Å². The Morgan fingerprint density at radius 1 is 1.36 bits per heavy atom. The summed E-state index contributed by atoms with van der Waals surface area (Å²) in [5, 5.41) is 0. The first-order chi connectivity index (χ1) is 11.6. The van der Waals surface area contributed by atoms with Gasteiger partial charge in [0.1, 0.15) is 0 Å². The molecule has 1 aliphatic rings. The molecule has 1 aliphatic heterocycles. The molecule has 0 radical (unpaired) electrons. The summed E-state index contributed by atoms with van der Waals surface area (Å²) in [7, 11) is -1.57. The second-order valence-corrected chi connectivity index (χ2v) is 8.67. The van der Waals surface area contributed by atoms with Gasteiger partial charge in [0.25, 0.3) is 0 Å². The highest BCUT2D eigenvalue weighted by Gasteiger charge is 2.34. The van der Waals surface area contributed by atoms with Gasteiger partial charge < -0.3 is 4.74 Å². The van der Waals surface area contributed by atoms with Crippen LogP contribution in [0.25, 0.3) is 0 Å². The molecule has 0 saturated carbocycles. The smallest absolute Gasteiger partial charge is 0.383 e. The first kappa shape index (κ1) is 20.2. The van der Waals surface area contributed by atoms with Gasteiger partial charge in [-0.15, -0.1) is 0 Å². The van der Waals surface area contributed by atoms with Crippen LogP contribution < -0.4 is 0 Å². The monoisotopic (exact) mass is 379 g/mol. The molecule has 1 aromatic rings. The number of benzene rings is 1. The Kier molecular flexibility index (Phi) is 6.51. The van der Waals surface area contributed by atoms with Gasteiger partial charge in [-0.1, -0.05) is 12.1 Å². The van der Waals surface area contributed by atoms with Gasteiger partial charge in [-0.05, 0) is 37.5 Å². The zero-order valence-corrected chi connectivity index (χ0v) is 15.2. The third-order valence-corrected chi connectivity index (χ3v) is 6.46. The number of hydrogen-bond acceptors (Lipinski definition) is 4. The third kappa shape index (κ3) is 5.43. The standard InChI is InChI=1S/C17H24F3NO3S/c1-13(14-5-3-6-15(11-14)17(18,19)20)21(8-9-24-2)16-7-4-10-25(22,23)12-16/h3,5-6,11,13,16H,4,7-10,12H2,1-2H3/t13-,16+/m0/s1. The Labute approximate surface area is 146 Å². The number of rotatable bonds is 6. The van der Waals surface area contributed by atoms with Crippen molar-refractivity contribution in [2.45, 2.75) is 38.0 Å². The van der Waals surface area contributed by atoms with E-state index in [4.69, 9.17) is 4.74 Å². The number of halogens is 3. The van der Waals surface area contributed by atoms with Crippen molar-refractivity contribution in [3.05, 3.63) is 35.4 Å². The van der Waals surface area contributed by atoms with Gasteiger partial charge in [-0.2, -0.15) is 13.2 Å². The van der Waals surface area contributed by atoms with Crippen LogP contribution in [-0.2, 0) is 20.8 Å². The van der Waals surface area contributed by atoms with E-state index < -0.39 is 21.6 Å². The summed E-state index contributed by atoms with van der Waals surface area (Å²) >= 11 is 0. The number of nitrogens with zero attached hydrogens (tertiary/aromatic N) is 1. The fourth-order valence-electron chi connectivity index (χ4n) is 3.32. The van der Waals surface area contributed by atoms with Crippen LogP contribution in [0.3, 0.4) is 0 Å². The minimum atomic E-state index is -4.40. The lowest BCUT2D eigenvalue weighted by Gasteiger charge is -2.38. The largest absolute Gasteiger partial charge is 0.416 e. The van der Waals surface area contributed by atoms with Gasteiger partial charge in [-0.3, -0.25) is 4.90 Å². The van der Waals surface area contributed by atoms with Crippen molar-refractivity contribution in [1.82, 2.24) is 4.90 Å². The molecule has 0 N–H and O–H groups in total. The van der Waals surface area contributed by atoms with Gasteiger partial charge in [0.2, 0.25) is 0 Å². The quantitative estimate of drug-likeness (QED) is 0.761. The SMILES string of the molecule is COCCN([C@@H]1CCCS(=O)(=O)C1)[C@@H](C)c1cccc(C(F)(F)F)c1. The summed E-state index contributed by atoms with van der Waals surface area (Å²) in [4.78, 5) is 1.95. The van der Waals surface area contributed by atoms with Gasteiger partial charge in [0.15, 0.2) is 9.84 Å². The average Bonchev–Trinajstić information content (AvgIpc) is 2.53. The normalized spacial score (nSPS) is 22.1. The van der Waals surface area contributed by atoms with Crippen LogP contribution in [0.15, 0.2) is 24.3 Å². The van der Waals surface area contributed by atoms with Crippen molar-refractivity contribution < 1.29 is 26.3 Å². The maximum absolute atomic E-state index is 13.0. The minimum absolute atomic E-state index is 0.0417. The minimum Gasteiger partial charge on any atom is -0.383 e. The summed E-state index contributed by atoms with van der Waals surface area (Å²) in [5.41, 5.74) is -0.172. The maximum Gasteiger partial charge on any atom is 0.416 e. The second kappa shape index (κ2) is 8.05. The van der Waals surface area contributed by atoms with Crippen molar-refractivity contribution in [2.75, 3.05) is 31.8 Å². The lowest BCUT2D eigenvalue weighted by atomic mass is 10.0. The highest BCUT2D eigenvalue weighted by atomic mass is 32.2. The van der Waals surface area contributed by atoms with E-state index >= 15 is 0 Å². The summed E-state index contributed by atoms with van der Waals surface area (Å²) in [6, 6.07) is 4.68. The fourth-order valence-corrected chi connectivity index (χ4v) is 5.03. The molecule has 1 saturated heterocycles. The van der Waals surface area contributed by atoms with E-state index in [1.165, 1.54) is 6.07 Å². The summed E-state index contributed by atoms with van der Waals surface area (Å²) in [6.07, 6.45) is -3.11. The summed E-state index contributed by atoms with van der Waals surface area (Å²) < 4.78 is 68.0.